The van der Waals surface area contributed by atoms with Crippen molar-refractivity contribution in [2.45, 2.75) is 26.2 Å². The molecule has 1 amide bonds. The first-order valence-electron chi connectivity index (χ1n) is 9.20. The molecule has 28 heavy (non-hydrogen) atoms. The molecule has 2 aromatic rings. The SMILES string of the molecule is COc1cccc(OC)c1C(=O)OCC(=O)NCCc1ccc(C(C)C)cc1. The van der Waals surface area contributed by atoms with Gasteiger partial charge in [0.2, 0.25) is 0 Å². The second-order valence-electron chi connectivity index (χ2n) is 6.61. The van der Waals surface area contributed by atoms with Gasteiger partial charge in [0.05, 0.1) is 14.2 Å². The van der Waals surface area contributed by atoms with Gasteiger partial charge in [0.25, 0.3) is 5.91 Å². The lowest BCUT2D eigenvalue weighted by Crippen LogP contribution is -2.30. The van der Waals surface area contributed by atoms with Crippen LogP contribution in [0.1, 0.15) is 41.3 Å². The first-order chi connectivity index (χ1) is 13.5. The van der Waals surface area contributed by atoms with E-state index in [4.69, 9.17) is 14.2 Å². The number of benzene rings is 2. The minimum Gasteiger partial charge on any atom is -0.496 e. The number of carbonyl (C=O) groups is 2. The summed E-state index contributed by atoms with van der Waals surface area (Å²) in [5.41, 5.74) is 2.58. The summed E-state index contributed by atoms with van der Waals surface area (Å²) in [5, 5.41) is 2.75. The number of ether oxygens (including phenoxy) is 3. The van der Waals surface area contributed by atoms with Gasteiger partial charge in [-0.2, -0.15) is 0 Å². The van der Waals surface area contributed by atoms with Crippen LogP contribution >= 0.6 is 0 Å². The molecule has 0 aliphatic heterocycles. The molecule has 0 aliphatic rings. The molecule has 6 nitrogen and oxygen atoms in total. The molecular weight excluding hydrogens is 358 g/mol. The largest absolute Gasteiger partial charge is 0.496 e. The first-order valence-corrected chi connectivity index (χ1v) is 9.20. The maximum absolute atomic E-state index is 12.3. The van der Waals surface area contributed by atoms with Crippen molar-refractivity contribution in [3.05, 3.63) is 59.2 Å². The van der Waals surface area contributed by atoms with Crippen molar-refractivity contribution in [3.63, 3.8) is 0 Å². The Bertz CT molecular complexity index is 777. The standard InChI is InChI=1S/C22H27NO5/c1-15(2)17-10-8-16(9-11-17)12-13-23-20(24)14-28-22(25)21-18(26-3)6-5-7-19(21)27-4/h5-11,15H,12-14H2,1-4H3,(H,23,24). The second-order valence-corrected chi connectivity index (χ2v) is 6.61. The van der Waals surface area contributed by atoms with Gasteiger partial charge < -0.3 is 19.5 Å². The van der Waals surface area contributed by atoms with Crippen LogP contribution in [-0.4, -0.2) is 39.2 Å². The molecule has 0 fully saturated rings. The lowest BCUT2D eigenvalue weighted by Gasteiger charge is -2.12. The van der Waals surface area contributed by atoms with Gasteiger partial charge in [0.15, 0.2) is 6.61 Å². The van der Waals surface area contributed by atoms with Gasteiger partial charge in [0, 0.05) is 6.54 Å². The molecule has 0 saturated carbocycles. The Labute approximate surface area is 165 Å². The molecule has 0 spiro atoms. The van der Waals surface area contributed by atoms with Crippen molar-refractivity contribution in [2.75, 3.05) is 27.4 Å². The summed E-state index contributed by atoms with van der Waals surface area (Å²) in [7, 11) is 2.90. The maximum atomic E-state index is 12.3. The normalized spacial score (nSPS) is 10.5. The summed E-state index contributed by atoms with van der Waals surface area (Å²) in [4.78, 5) is 24.3. The van der Waals surface area contributed by atoms with Crippen LogP contribution in [-0.2, 0) is 16.0 Å². The van der Waals surface area contributed by atoms with Crippen LogP contribution in [0.5, 0.6) is 11.5 Å². The van der Waals surface area contributed by atoms with Gasteiger partial charge in [-0.15, -0.1) is 0 Å². The van der Waals surface area contributed by atoms with Crippen molar-refractivity contribution in [1.82, 2.24) is 5.32 Å². The minimum absolute atomic E-state index is 0.158. The zero-order valence-electron chi connectivity index (χ0n) is 16.8. The van der Waals surface area contributed by atoms with Crippen LogP contribution in [0.2, 0.25) is 0 Å². The predicted octanol–water partition coefficient (Wildman–Crippen LogP) is 3.34. The molecule has 0 atom stereocenters. The van der Waals surface area contributed by atoms with E-state index >= 15 is 0 Å². The fraction of sp³-hybridized carbons (Fsp3) is 0.364. The van der Waals surface area contributed by atoms with Crippen molar-refractivity contribution in [2.24, 2.45) is 0 Å². The van der Waals surface area contributed by atoms with Gasteiger partial charge in [-0.1, -0.05) is 44.2 Å². The number of hydrogen-bond donors (Lipinski definition) is 1. The lowest BCUT2D eigenvalue weighted by atomic mass is 10.0. The zero-order chi connectivity index (χ0) is 20.5. The third kappa shape index (κ3) is 5.74. The van der Waals surface area contributed by atoms with Crippen LogP contribution in [0.3, 0.4) is 0 Å². The van der Waals surface area contributed by atoms with E-state index in [-0.39, 0.29) is 18.1 Å². The van der Waals surface area contributed by atoms with E-state index in [9.17, 15) is 9.59 Å². The molecule has 0 aromatic heterocycles. The lowest BCUT2D eigenvalue weighted by molar-refractivity contribution is -0.124. The Morgan fingerprint density at radius 1 is 0.964 bits per heavy atom. The van der Waals surface area contributed by atoms with Crippen LogP contribution < -0.4 is 14.8 Å². The summed E-state index contributed by atoms with van der Waals surface area (Å²) in [6.07, 6.45) is 0.707. The van der Waals surface area contributed by atoms with E-state index in [2.05, 4.69) is 43.4 Å². The monoisotopic (exact) mass is 385 g/mol. The van der Waals surface area contributed by atoms with Crippen LogP contribution in [0, 0.1) is 0 Å². The molecule has 2 aromatic carbocycles. The van der Waals surface area contributed by atoms with E-state index < -0.39 is 5.97 Å². The van der Waals surface area contributed by atoms with E-state index in [0.717, 1.165) is 5.56 Å². The number of esters is 1. The maximum Gasteiger partial charge on any atom is 0.346 e. The number of carbonyl (C=O) groups excluding carboxylic acids is 2. The summed E-state index contributed by atoms with van der Waals surface area (Å²) < 4.78 is 15.5. The Morgan fingerprint density at radius 3 is 2.11 bits per heavy atom. The summed E-state index contributed by atoms with van der Waals surface area (Å²) >= 11 is 0. The summed E-state index contributed by atoms with van der Waals surface area (Å²) in [6, 6.07) is 13.3. The van der Waals surface area contributed by atoms with E-state index in [1.807, 2.05) is 0 Å². The quantitative estimate of drug-likeness (QED) is 0.670. The minimum atomic E-state index is -0.672. The number of rotatable bonds is 9. The third-order valence-electron chi connectivity index (χ3n) is 4.35. The van der Waals surface area contributed by atoms with Gasteiger partial charge >= 0.3 is 5.97 Å². The molecule has 0 aliphatic carbocycles. The van der Waals surface area contributed by atoms with Crippen molar-refractivity contribution < 1.29 is 23.8 Å². The Kier molecular flexibility index (Phi) is 7.87. The Morgan fingerprint density at radius 2 is 1.57 bits per heavy atom. The number of hydrogen-bond acceptors (Lipinski definition) is 5. The Hall–Kier alpha value is -3.02. The van der Waals surface area contributed by atoms with Gasteiger partial charge in [-0.25, -0.2) is 4.79 Å². The fourth-order valence-electron chi connectivity index (χ4n) is 2.72. The summed E-state index contributed by atoms with van der Waals surface area (Å²) in [6.45, 7) is 4.40. The highest BCUT2D eigenvalue weighted by Gasteiger charge is 2.20. The van der Waals surface area contributed by atoms with Gasteiger partial charge in [-0.05, 0) is 35.6 Å². The molecule has 0 saturated heterocycles. The molecule has 0 bridgehead atoms. The van der Waals surface area contributed by atoms with E-state index in [1.165, 1.54) is 19.8 Å². The highest BCUT2D eigenvalue weighted by molar-refractivity contribution is 5.96. The highest BCUT2D eigenvalue weighted by atomic mass is 16.5. The fourth-order valence-corrected chi connectivity index (χ4v) is 2.72. The number of amides is 1. The molecule has 6 heteroatoms. The average Bonchev–Trinajstić information content (AvgIpc) is 2.71. The van der Waals surface area contributed by atoms with E-state index in [0.29, 0.717) is 30.4 Å². The van der Waals surface area contributed by atoms with Crippen LogP contribution in [0.4, 0.5) is 0 Å². The number of methoxy groups -OCH3 is 2. The third-order valence-corrected chi connectivity index (χ3v) is 4.35. The molecule has 0 heterocycles. The average molecular weight is 385 g/mol. The smallest absolute Gasteiger partial charge is 0.346 e. The first kappa shape index (κ1) is 21.3. The van der Waals surface area contributed by atoms with Crippen molar-refractivity contribution in [1.29, 1.82) is 0 Å². The molecule has 150 valence electrons. The second kappa shape index (κ2) is 10.3. The highest BCUT2D eigenvalue weighted by Crippen LogP contribution is 2.28. The van der Waals surface area contributed by atoms with Crippen molar-refractivity contribution in [3.8, 4) is 11.5 Å². The molecule has 2 rings (SSSR count). The van der Waals surface area contributed by atoms with Crippen LogP contribution in [0.25, 0.3) is 0 Å². The van der Waals surface area contributed by atoms with Gasteiger partial charge in [0.1, 0.15) is 17.1 Å². The molecule has 0 radical (unpaired) electrons. The topological polar surface area (TPSA) is 73.9 Å². The van der Waals surface area contributed by atoms with Gasteiger partial charge in [-0.3, -0.25) is 4.79 Å². The molecule has 1 N–H and O–H groups in total. The number of nitrogens with one attached hydrogen (secondary N) is 1. The molecule has 0 unspecified atom stereocenters. The van der Waals surface area contributed by atoms with Crippen LogP contribution in [0.15, 0.2) is 42.5 Å². The summed E-state index contributed by atoms with van der Waals surface area (Å²) in [5.74, 6) is 0.115. The predicted molar refractivity (Wildman–Crippen MR) is 107 cm³/mol. The van der Waals surface area contributed by atoms with E-state index in [1.54, 1.807) is 18.2 Å². The Balaban J connectivity index is 1.82. The zero-order valence-corrected chi connectivity index (χ0v) is 16.8. The molecular formula is C22H27NO5. The van der Waals surface area contributed by atoms with Crippen molar-refractivity contribution >= 4 is 11.9 Å².